The molecule has 2 N–H and O–H groups in total. The number of rotatable bonds is 9. The Morgan fingerprint density at radius 3 is 2.00 bits per heavy atom. The van der Waals surface area contributed by atoms with Crippen LogP contribution in [0.2, 0.25) is 0 Å². The van der Waals surface area contributed by atoms with E-state index < -0.39 is 0 Å². The van der Waals surface area contributed by atoms with Crippen LogP contribution >= 0.6 is 12.4 Å². The number of ether oxygens (including phenoxy) is 1. The average Bonchev–Trinajstić information content (AvgIpc) is 2.67. The van der Waals surface area contributed by atoms with Crippen molar-refractivity contribution in [2.24, 2.45) is 0 Å². The summed E-state index contributed by atoms with van der Waals surface area (Å²) in [7, 11) is 1.71. The Kier molecular flexibility index (Phi) is 7.92. The van der Waals surface area contributed by atoms with E-state index in [2.05, 4.69) is 52.9 Å². The highest BCUT2D eigenvalue weighted by atomic mass is 35.5. The van der Waals surface area contributed by atoms with Crippen molar-refractivity contribution in [3.05, 3.63) is 30.3 Å². The van der Waals surface area contributed by atoms with Gasteiger partial charge in [0.15, 0.2) is 11.6 Å². The summed E-state index contributed by atoms with van der Waals surface area (Å²) in [6, 6.07) is 10.5. The minimum Gasteiger partial charge on any atom is -0.496 e. The van der Waals surface area contributed by atoms with Gasteiger partial charge in [-0.2, -0.15) is 0 Å². The monoisotopic (exact) mass is 388 g/mol. The Labute approximate surface area is 167 Å². The molecule has 0 fully saturated rings. The smallest absolute Gasteiger partial charge is 0.156 e. The van der Waals surface area contributed by atoms with Crippen LogP contribution in [0.4, 0.5) is 11.6 Å². The Balaban J connectivity index is 0.00000261. The highest BCUT2D eigenvalue weighted by Gasteiger charge is 2.12. The largest absolute Gasteiger partial charge is 0.496 e. The zero-order valence-corrected chi connectivity index (χ0v) is 17.2. The molecule has 3 rings (SSSR count). The van der Waals surface area contributed by atoms with Gasteiger partial charge in [-0.1, -0.05) is 38.8 Å². The number of nitrogens with zero attached hydrogens (tertiary/aromatic N) is 2. The fraction of sp³-hybridized carbons (Fsp3) is 0.429. The predicted molar refractivity (Wildman–Crippen MR) is 118 cm³/mol. The van der Waals surface area contributed by atoms with Gasteiger partial charge in [0.2, 0.25) is 0 Å². The lowest BCUT2D eigenvalue weighted by Crippen LogP contribution is -2.08. The van der Waals surface area contributed by atoms with Crippen LogP contribution < -0.4 is 15.4 Å². The number of halogens is 1. The average molecular weight is 389 g/mol. The predicted octanol–water partition coefficient (Wildman–Crippen LogP) is 5.64. The molecule has 0 aliphatic rings. The summed E-state index contributed by atoms with van der Waals surface area (Å²) in [5.41, 5.74) is 0. The van der Waals surface area contributed by atoms with Crippen LogP contribution in [0.25, 0.3) is 21.5 Å². The third-order valence-electron chi connectivity index (χ3n) is 4.60. The summed E-state index contributed by atoms with van der Waals surface area (Å²) < 4.78 is 5.55. The van der Waals surface area contributed by atoms with Gasteiger partial charge in [0.05, 0.1) is 7.11 Å². The molecule has 3 aromatic rings. The topological polar surface area (TPSA) is 59.1 Å². The molecule has 0 atom stereocenters. The van der Waals surface area contributed by atoms with Gasteiger partial charge in [-0.3, -0.25) is 0 Å². The summed E-state index contributed by atoms with van der Waals surface area (Å²) in [4.78, 5) is 0. The van der Waals surface area contributed by atoms with Crippen molar-refractivity contribution in [1.29, 1.82) is 0 Å². The van der Waals surface area contributed by atoms with Crippen molar-refractivity contribution in [3.63, 3.8) is 0 Å². The Morgan fingerprint density at radius 1 is 0.852 bits per heavy atom. The van der Waals surface area contributed by atoms with E-state index in [1.807, 2.05) is 12.1 Å². The maximum Gasteiger partial charge on any atom is 0.156 e. The fourth-order valence-electron chi connectivity index (χ4n) is 3.10. The number of hydrogen-bond acceptors (Lipinski definition) is 5. The van der Waals surface area contributed by atoms with E-state index in [0.29, 0.717) is 0 Å². The maximum absolute atomic E-state index is 5.55. The van der Waals surface area contributed by atoms with Crippen LogP contribution in [0.3, 0.4) is 0 Å². The molecule has 0 aliphatic heterocycles. The Hall–Kier alpha value is -2.27. The van der Waals surface area contributed by atoms with Gasteiger partial charge in [-0.05, 0) is 36.4 Å². The number of fused-ring (bicyclic) bond motifs is 2. The van der Waals surface area contributed by atoms with Gasteiger partial charge in [0.25, 0.3) is 0 Å². The number of unbranched alkanes of at least 4 members (excludes halogenated alkanes) is 2. The van der Waals surface area contributed by atoms with E-state index in [9.17, 15) is 0 Å². The highest BCUT2D eigenvalue weighted by Crippen LogP contribution is 2.34. The zero-order valence-electron chi connectivity index (χ0n) is 16.3. The van der Waals surface area contributed by atoms with Crippen molar-refractivity contribution >= 4 is 45.6 Å². The highest BCUT2D eigenvalue weighted by molar-refractivity contribution is 6.08. The number of hydrogen-bond donors (Lipinski definition) is 2. The van der Waals surface area contributed by atoms with E-state index in [4.69, 9.17) is 4.74 Å². The summed E-state index contributed by atoms with van der Waals surface area (Å²) >= 11 is 0. The van der Waals surface area contributed by atoms with Crippen molar-refractivity contribution in [2.45, 2.75) is 39.5 Å². The summed E-state index contributed by atoms with van der Waals surface area (Å²) in [5.74, 6) is 2.56. The number of benzene rings is 2. The number of nitrogens with one attached hydrogen (secondary N) is 2. The number of anilines is 2. The number of methoxy groups -OCH3 is 1. The van der Waals surface area contributed by atoms with Gasteiger partial charge in [0, 0.05) is 29.2 Å². The minimum absolute atomic E-state index is 0. The van der Waals surface area contributed by atoms with Crippen LogP contribution in [0, 0.1) is 0 Å². The van der Waals surface area contributed by atoms with Gasteiger partial charge >= 0.3 is 0 Å². The molecule has 0 spiro atoms. The number of aromatic nitrogens is 2. The molecule has 0 saturated heterocycles. The molecular weight excluding hydrogens is 360 g/mol. The molecule has 1 heterocycles. The van der Waals surface area contributed by atoms with Crippen molar-refractivity contribution in [3.8, 4) is 5.75 Å². The quantitative estimate of drug-likeness (QED) is 0.367. The first-order valence-corrected chi connectivity index (χ1v) is 9.53. The lowest BCUT2D eigenvalue weighted by atomic mass is 10.0. The molecule has 1 aromatic heterocycles. The molecule has 0 amide bonds. The molecule has 0 radical (unpaired) electrons. The first-order valence-electron chi connectivity index (χ1n) is 9.53. The first kappa shape index (κ1) is 21.0. The summed E-state index contributed by atoms with van der Waals surface area (Å²) in [6.07, 6.45) is 4.51. The van der Waals surface area contributed by atoms with Crippen LogP contribution in [-0.4, -0.2) is 30.4 Å². The van der Waals surface area contributed by atoms with Crippen molar-refractivity contribution < 1.29 is 4.74 Å². The minimum atomic E-state index is 0. The van der Waals surface area contributed by atoms with Gasteiger partial charge < -0.3 is 15.4 Å². The third kappa shape index (κ3) is 4.72. The van der Waals surface area contributed by atoms with E-state index in [0.717, 1.165) is 77.7 Å². The van der Waals surface area contributed by atoms with E-state index in [1.54, 1.807) is 7.11 Å². The lowest BCUT2D eigenvalue weighted by Gasteiger charge is -2.14. The van der Waals surface area contributed by atoms with Crippen LogP contribution in [0.1, 0.15) is 39.5 Å². The standard InChI is InChI=1S/C21H28N4O.ClH/c1-4-6-11-22-20-17-13-15-9-8-10-19(26-3)16(15)14-18(17)21(25-24-20)23-12-7-5-2;/h8-10,13-14H,4-7,11-12H2,1-3H3,(H,22,24)(H,23,25);1H. The van der Waals surface area contributed by atoms with E-state index >= 15 is 0 Å². The molecule has 0 saturated carbocycles. The van der Waals surface area contributed by atoms with Crippen LogP contribution in [0.5, 0.6) is 5.75 Å². The lowest BCUT2D eigenvalue weighted by molar-refractivity contribution is 0.420. The molecule has 146 valence electrons. The van der Waals surface area contributed by atoms with Crippen molar-refractivity contribution in [1.82, 2.24) is 10.2 Å². The van der Waals surface area contributed by atoms with E-state index in [1.165, 1.54) is 0 Å². The molecule has 0 aliphatic carbocycles. The van der Waals surface area contributed by atoms with Gasteiger partial charge in [0.1, 0.15) is 5.75 Å². The third-order valence-corrected chi connectivity index (χ3v) is 4.60. The molecular formula is C21H29ClN4O. The summed E-state index contributed by atoms with van der Waals surface area (Å²) in [6.45, 7) is 6.17. The van der Waals surface area contributed by atoms with Crippen LogP contribution in [-0.2, 0) is 0 Å². The first-order chi connectivity index (χ1) is 12.8. The fourth-order valence-corrected chi connectivity index (χ4v) is 3.10. The SMILES string of the molecule is CCCCNc1nnc(NCCCC)c2cc3c(OC)cccc3cc12.Cl. The molecule has 0 bridgehead atoms. The zero-order chi connectivity index (χ0) is 18.4. The molecule has 5 nitrogen and oxygen atoms in total. The second-order valence-electron chi connectivity index (χ2n) is 6.54. The summed E-state index contributed by atoms with van der Waals surface area (Å²) in [5, 5.41) is 20.2. The Morgan fingerprint density at radius 2 is 1.44 bits per heavy atom. The van der Waals surface area contributed by atoms with Crippen LogP contribution in [0.15, 0.2) is 30.3 Å². The molecule has 6 heteroatoms. The molecule has 2 aromatic carbocycles. The van der Waals surface area contributed by atoms with Crippen molar-refractivity contribution in [2.75, 3.05) is 30.8 Å². The maximum atomic E-state index is 5.55. The van der Waals surface area contributed by atoms with Gasteiger partial charge in [-0.15, -0.1) is 22.6 Å². The van der Waals surface area contributed by atoms with Gasteiger partial charge in [-0.25, -0.2) is 0 Å². The normalized spacial score (nSPS) is 10.6. The molecule has 0 unspecified atom stereocenters. The Bertz CT molecular complexity index is 885. The molecule has 27 heavy (non-hydrogen) atoms. The second-order valence-corrected chi connectivity index (χ2v) is 6.54. The van der Waals surface area contributed by atoms with E-state index in [-0.39, 0.29) is 12.4 Å². The second kappa shape index (κ2) is 10.2.